The topological polar surface area (TPSA) is 6.48 Å². The van der Waals surface area contributed by atoms with Crippen LogP contribution in [0.2, 0.25) is 0 Å². The maximum atomic E-state index is 2.24. The molecule has 1 aliphatic rings. The van der Waals surface area contributed by atoms with E-state index in [1.165, 1.54) is 44.8 Å². The Labute approximate surface area is 147 Å². The monoisotopic (exact) mass is 314 g/mol. The first-order valence-electron chi connectivity index (χ1n) is 8.46. The van der Waals surface area contributed by atoms with Gasteiger partial charge in [-0.05, 0) is 63.8 Å². The standard InChI is InChI=1S/C20H24B2N2/c1-13-9-15(3)19(16(4)10-13)23-7-8-24(22-21-23)20-17(5)11-14(2)12-18(20)6/h7-12H,1-6H3. The van der Waals surface area contributed by atoms with Gasteiger partial charge in [0.1, 0.15) is 0 Å². The smallest absolute Gasteiger partial charge is 0.234 e. The molecule has 0 fully saturated rings. The van der Waals surface area contributed by atoms with Crippen molar-refractivity contribution in [2.24, 2.45) is 0 Å². The zero-order valence-corrected chi connectivity index (χ0v) is 15.5. The Hall–Kier alpha value is -2.09. The normalized spacial score (nSPS) is 13.8. The lowest BCUT2D eigenvalue weighted by molar-refractivity contribution is 1.22. The lowest BCUT2D eigenvalue weighted by Gasteiger charge is -2.34. The third-order valence-corrected chi connectivity index (χ3v) is 4.56. The van der Waals surface area contributed by atoms with Gasteiger partial charge in [-0.3, -0.25) is 0 Å². The quantitative estimate of drug-likeness (QED) is 0.754. The van der Waals surface area contributed by atoms with Gasteiger partial charge in [-0.15, -0.1) is 0 Å². The molecule has 1 heterocycles. The Morgan fingerprint density at radius 2 is 0.833 bits per heavy atom. The third-order valence-electron chi connectivity index (χ3n) is 4.56. The summed E-state index contributed by atoms with van der Waals surface area (Å²) < 4.78 is 0. The van der Waals surface area contributed by atoms with Crippen molar-refractivity contribution in [3.8, 4) is 0 Å². The van der Waals surface area contributed by atoms with Gasteiger partial charge in [0.25, 0.3) is 0 Å². The number of hydrogen-bond donors (Lipinski definition) is 0. The molecule has 0 aliphatic carbocycles. The van der Waals surface area contributed by atoms with E-state index in [4.69, 9.17) is 0 Å². The summed E-state index contributed by atoms with van der Waals surface area (Å²) >= 11 is 0. The Bertz CT molecular complexity index is 698. The highest BCUT2D eigenvalue weighted by molar-refractivity contribution is 7.04. The summed E-state index contributed by atoms with van der Waals surface area (Å²) in [6.07, 6.45) is 4.28. The maximum absolute atomic E-state index is 2.24. The van der Waals surface area contributed by atoms with Crippen molar-refractivity contribution >= 4 is 26.0 Å². The second kappa shape index (κ2) is 6.43. The average molecular weight is 314 g/mol. The minimum absolute atomic E-state index is 1.27. The number of rotatable bonds is 2. The lowest BCUT2D eigenvalue weighted by Crippen LogP contribution is -2.41. The molecule has 4 heteroatoms. The minimum Gasteiger partial charge on any atom is -0.402 e. The van der Waals surface area contributed by atoms with E-state index >= 15 is 0 Å². The Balaban J connectivity index is 1.90. The largest absolute Gasteiger partial charge is 0.402 e. The van der Waals surface area contributed by atoms with Crippen LogP contribution in [0.4, 0.5) is 11.4 Å². The molecular formula is C20H24B2N2. The Morgan fingerprint density at radius 1 is 0.542 bits per heavy atom. The second-order valence-electron chi connectivity index (χ2n) is 6.91. The van der Waals surface area contributed by atoms with Crippen LogP contribution in [0.25, 0.3) is 0 Å². The summed E-state index contributed by atoms with van der Waals surface area (Å²) in [6, 6.07) is 8.96. The van der Waals surface area contributed by atoms with Gasteiger partial charge < -0.3 is 9.62 Å². The summed E-state index contributed by atoms with van der Waals surface area (Å²) in [5.41, 5.74) is 10.4. The van der Waals surface area contributed by atoms with E-state index in [0.717, 1.165) is 0 Å². The van der Waals surface area contributed by atoms with E-state index in [0.29, 0.717) is 0 Å². The summed E-state index contributed by atoms with van der Waals surface area (Å²) in [5, 5.41) is 0. The van der Waals surface area contributed by atoms with E-state index in [1.807, 2.05) is 0 Å². The molecule has 0 N–H and O–H groups in total. The van der Waals surface area contributed by atoms with E-state index in [2.05, 4.69) is 102 Å². The molecule has 0 bridgehead atoms. The second-order valence-corrected chi connectivity index (χ2v) is 6.91. The van der Waals surface area contributed by atoms with Gasteiger partial charge in [-0.2, -0.15) is 0 Å². The molecule has 0 saturated carbocycles. The number of anilines is 2. The molecule has 0 amide bonds. The molecule has 2 aromatic carbocycles. The van der Waals surface area contributed by atoms with Crippen molar-refractivity contribution in [3.63, 3.8) is 0 Å². The highest BCUT2D eigenvalue weighted by Crippen LogP contribution is 2.30. The van der Waals surface area contributed by atoms with Crippen LogP contribution in [-0.4, -0.2) is 14.6 Å². The molecule has 2 radical (unpaired) electrons. The fraction of sp³-hybridized carbons (Fsp3) is 0.300. The van der Waals surface area contributed by atoms with E-state index < -0.39 is 0 Å². The first-order chi connectivity index (χ1) is 11.4. The Morgan fingerprint density at radius 3 is 1.08 bits per heavy atom. The molecule has 0 saturated heterocycles. The van der Waals surface area contributed by atoms with Crippen LogP contribution >= 0.6 is 0 Å². The average Bonchev–Trinajstić information content (AvgIpc) is 2.46. The van der Waals surface area contributed by atoms with Crippen LogP contribution in [0, 0.1) is 41.5 Å². The van der Waals surface area contributed by atoms with E-state index in [9.17, 15) is 0 Å². The molecule has 0 aromatic heterocycles. The molecular weight excluding hydrogens is 290 g/mol. The Kier molecular flexibility index (Phi) is 4.49. The number of nitrogens with zero attached hydrogens (tertiary/aromatic N) is 2. The molecule has 0 atom stereocenters. The van der Waals surface area contributed by atoms with Crippen LogP contribution in [-0.2, 0) is 0 Å². The predicted molar refractivity (Wildman–Crippen MR) is 107 cm³/mol. The van der Waals surface area contributed by atoms with Crippen LogP contribution in [0.1, 0.15) is 33.4 Å². The summed E-state index contributed by atoms with van der Waals surface area (Å²) in [4.78, 5) is 4.42. The highest BCUT2D eigenvalue weighted by Gasteiger charge is 2.20. The van der Waals surface area contributed by atoms with Gasteiger partial charge >= 0.3 is 0 Å². The molecule has 1 aliphatic heterocycles. The fourth-order valence-electron chi connectivity index (χ4n) is 3.84. The maximum Gasteiger partial charge on any atom is 0.234 e. The molecule has 3 rings (SSSR count). The van der Waals surface area contributed by atoms with Crippen LogP contribution in [0.5, 0.6) is 0 Å². The minimum atomic E-state index is 1.27. The molecule has 0 spiro atoms. The number of aryl methyl sites for hydroxylation is 6. The molecule has 2 nitrogen and oxygen atoms in total. The molecule has 24 heavy (non-hydrogen) atoms. The zero-order valence-electron chi connectivity index (χ0n) is 15.5. The van der Waals surface area contributed by atoms with Gasteiger partial charge in [0, 0.05) is 23.8 Å². The first-order valence-corrected chi connectivity index (χ1v) is 8.46. The molecule has 0 unspecified atom stereocenters. The van der Waals surface area contributed by atoms with E-state index in [1.54, 1.807) is 0 Å². The van der Waals surface area contributed by atoms with Crippen molar-refractivity contribution in [2.75, 3.05) is 9.62 Å². The van der Waals surface area contributed by atoms with Crippen molar-refractivity contribution < 1.29 is 0 Å². The van der Waals surface area contributed by atoms with Gasteiger partial charge in [0.2, 0.25) is 14.6 Å². The van der Waals surface area contributed by atoms with Crippen LogP contribution in [0.15, 0.2) is 36.7 Å². The number of benzene rings is 2. The summed E-state index contributed by atoms with van der Waals surface area (Å²) in [6.45, 7) is 13.0. The zero-order chi connectivity index (χ0) is 17.4. The third kappa shape index (κ3) is 3.10. The van der Waals surface area contributed by atoms with Crippen molar-refractivity contribution in [3.05, 3.63) is 70.0 Å². The van der Waals surface area contributed by atoms with Gasteiger partial charge in [0.05, 0.1) is 0 Å². The number of hydrogen-bond acceptors (Lipinski definition) is 2. The van der Waals surface area contributed by atoms with Gasteiger partial charge in [-0.25, -0.2) is 0 Å². The van der Waals surface area contributed by atoms with Crippen molar-refractivity contribution in [1.82, 2.24) is 0 Å². The van der Waals surface area contributed by atoms with Crippen molar-refractivity contribution in [1.29, 1.82) is 0 Å². The molecule has 120 valence electrons. The summed E-state index contributed by atoms with van der Waals surface area (Å²) in [7, 11) is 4.28. The predicted octanol–water partition coefficient (Wildman–Crippen LogP) is 4.49. The highest BCUT2D eigenvalue weighted by atomic mass is 15.1. The fourth-order valence-corrected chi connectivity index (χ4v) is 3.84. The van der Waals surface area contributed by atoms with Crippen LogP contribution in [0.3, 0.4) is 0 Å². The molecule has 2 aromatic rings. The van der Waals surface area contributed by atoms with E-state index in [-0.39, 0.29) is 0 Å². The van der Waals surface area contributed by atoms with Crippen molar-refractivity contribution in [2.45, 2.75) is 41.5 Å². The van der Waals surface area contributed by atoms with Gasteiger partial charge in [0.15, 0.2) is 0 Å². The van der Waals surface area contributed by atoms with Gasteiger partial charge in [-0.1, -0.05) is 35.4 Å². The lowest BCUT2D eigenvalue weighted by atomic mass is 9.51. The summed E-state index contributed by atoms with van der Waals surface area (Å²) in [5.74, 6) is 0. The first kappa shape index (κ1) is 16.8. The van der Waals surface area contributed by atoms with Crippen LogP contribution < -0.4 is 9.62 Å². The SMILES string of the molecule is Cc1cc(C)c(N2[B][B]N(c3c(C)cc(C)cc3C)C=C2)c(C)c1.